The monoisotopic (exact) mass is 303 g/mol. The number of carbonyl (C=O) groups excluding carboxylic acids is 1. The molecule has 2 heterocycles. The van der Waals surface area contributed by atoms with E-state index in [1.54, 1.807) is 4.68 Å². The van der Waals surface area contributed by atoms with Crippen molar-refractivity contribution in [2.45, 2.75) is 56.9 Å². The van der Waals surface area contributed by atoms with Crippen molar-refractivity contribution in [2.75, 3.05) is 13.2 Å². The smallest absolute Gasteiger partial charge is 0.255 e. The molecule has 0 radical (unpaired) electrons. The maximum absolute atomic E-state index is 12.7. The second kappa shape index (κ2) is 5.37. The lowest BCUT2D eigenvalue weighted by molar-refractivity contribution is 0.0940. The van der Waals surface area contributed by atoms with Gasteiger partial charge in [-0.3, -0.25) is 9.48 Å². The van der Waals surface area contributed by atoms with E-state index < -0.39 is 0 Å². The normalized spacial score (nSPS) is 29.7. The highest BCUT2D eigenvalue weighted by molar-refractivity contribution is 5.95. The fraction of sp³-hybridized carbons (Fsp3) is 0.765. The maximum atomic E-state index is 12.7. The zero-order chi connectivity index (χ0) is 15.2. The van der Waals surface area contributed by atoms with Crippen LogP contribution < -0.4 is 5.32 Å². The molecule has 0 aromatic carbocycles. The molecule has 2 saturated carbocycles. The van der Waals surface area contributed by atoms with E-state index in [0.717, 1.165) is 24.3 Å². The molecule has 3 fully saturated rings. The Kier molecular flexibility index (Phi) is 3.48. The second-order valence-corrected chi connectivity index (χ2v) is 7.32. The summed E-state index contributed by atoms with van der Waals surface area (Å²) in [7, 11) is 1.88. The highest BCUT2D eigenvalue weighted by atomic mass is 16.5. The molecule has 4 rings (SSSR count). The molecular formula is C17H25N3O2. The lowest BCUT2D eigenvalue weighted by Gasteiger charge is -2.22. The minimum absolute atomic E-state index is 0.0578. The number of aryl methyl sites for hydroxylation is 1. The Hall–Kier alpha value is -1.36. The van der Waals surface area contributed by atoms with E-state index in [-0.39, 0.29) is 11.8 Å². The van der Waals surface area contributed by atoms with Crippen LogP contribution in [0.3, 0.4) is 0 Å². The van der Waals surface area contributed by atoms with Crippen LogP contribution in [-0.2, 0) is 11.8 Å². The molecule has 1 N–H and O–H groups in total. The standard InChI is InChI=1S/C17H25N3O2/c1-20-10-13(15(19-20)12-5-8-22-11-12)16(21)18-14-9-17(14)6-3-2-4-7-17/h10,12,14H,2-9,11H2,1H3,(H,18,21)/t12-,14-/m0/s1. The summed E-state index contributed by atoms with van der Waals surface area (Å²) in [5.74, 6) is 0.326. The molecule has 1 spiro atoms. The van der Waals surface area contributed by atoms with Crippen molar-refractivity contribution in [1.82, 2.24) is 15.1 Å². The first-order valence-corrected chi connectivity index (χ1v) is 8.60. The van der Waals surface area contributed by atoms with E-state index in [2.05, 4.69) is 10.4 Å². The van der Waals surface area contributed by atoms with Gasteiger partial charge in [-0.15, -0.1) is 0 Å². The van der Waals surface area contributed by atoms with Crippen molar-refractivity contribution in [2.24, 2.45) is 12.5 Å². The van der Waals surface area contributed by atoms with Crippen LogP contribution in [0.5, 0.6) is 0 Å². The molecule has 1 aliphatic heterocycles. The molecule has 1 saturated heterocycles. The number of carbonyl (C=O) groups is 1. The van der Waals surface area contributed by atoms with Gasteiger partial charge in [-0.25, -0.2) is 0 Å². The minimum Gasteiger partial charge on any atom is -0.381 e. The number of aromatic nitrogens is 2. The zero-order valence-electron chi connectivity index (χ0n) is 13.3. The SMILES string of the molecule is Cn1cc(C(=O)N[C@H]2CC23CCCCC3)c([C@H]2CCOC2)n1. The van der Waals surface area contributed by atoms with E-state index >= 15 is 0 Å². The molecular weight excluding hydrogens is 278 g/mol. The summed E-state index contributed by atoms with van der Waals surface area (Å²) < 4.78 is 7.21. The number of ether oxygens (including phenoxy) is 1. The molecule has 5 heteroatoms. The average molecular weight is 303 g/mol. The van der Waals surface area contributed by atoms with Crippen molar-refractivity contribution >= 4 is 5.91 Å². The summed E-state index contributed by atoms with van der Waals surface area (Å²) in [5.41, 5.74) is 2.08. The largest absolute Gasteiger partial charge is 0.381 e. The van der Waals surface area contributed by atoms with E-state index in [0.29, 0.717) is 18.1 Å². The Morgan fingerprint density at radius 1 is 1.41 bits per heavy atom. The maximum Gasteiger partial charge on any atom is 0.255 e. The van der Waals surface area contributed by atoms with Gasteiger partial charge in [0.05, 0.1) is 17.9 Å². The summed E-state index contributed by atoms with van der Waals surface area (Å²) in [4.78, 5) is 12.7. The van der Waals surface area contributed by atoms with Crippen molar-refractivity contribution < 1.29 is 9.53 Å². The van der Waals surface area contributed by atoms with Gasteiger partial charge in [-0.2, -0.15) is 5.10 Å². The Labute approximate surface area is 131 Å². The topological polar surface area (TPSA) is 56.2 Å². The lowest BCUT2D eigenvalue weighted by Crippen LogP contribution is -2.31. The van der Waals surface area contributed by atoms with Gasteiger partial charge in [0.1, 0.15) is 0 Å². The first-order chi connectivity index (χ1) is 10.7. The highest BCUT2D eigenvalue weighted by Gasteiger charge is 2.54. The summed E-state index contributed by atoms with van der Waals surface area (Å²) in [5, 5.41) is 7.80. The summed E-state index contributed by atoms with van der Waals surface area (Å²) >= 11 is 0. The fourth-order valence-corrected chi connectivity index (χ4v) is 4.33. The molecule has 3 aliphatic rings. The predicted octanol–water partition coefficient (Wildman–Crippen LogP) is 2.38. The Morgan fingerprint density at radius 3 is 2.95 bits per heavy atom. The fourth-order valence-electron chi connectivity index (χ4n) is 4.33. The molecule has 1 aromatic heterocycles. The van der Waals surface area contributed by atoms with Crippen LogP contribution >= 0.6 is 0 Å². The van der Waals surface area contributed by atoms with Gasteiger partial charge < -0.3 is 10.1 Å². The van der Waals surface area contributed by atoms with Crippen LogP contribution in [0.2, 0.25) is 0 Å². The molecule has 1 aromatic rings. The quantitative estimate of drug-likeness (QED) is 0.932. The number of amides is 1. The van der Waals surface area contributed by atoms with Gasteiger partial charge in [0.15, 0.2) is 0 Å². The molecule has 22 heavy (non-hydrogen) atoms. The third kappa shape index (κ3) is 2.45. The molecule has 0 unspecified atom stereocenters. The minimum atomic E-state index is 0.0578. The third-order valence-electron chi connectivity index (χ3n) is 5.76. The number of hydrogen-bond acceptors (Lipinski definition) is 3. The number of rotatable bonds is 3. The lowest BCUT2D eigenvalue weighted by atomic mass is 9.85. The van der Waals surface area contributed by atoms with Crippen molar-refractivity contribution in [3.8, 4) is 0 Å². The third-order valence-corrected chi connectivity index (χ3v) is 5.76. The average Bonchev–Trinajstić information content (AvgIpc) is 2.92. The van der Waals surface area contributed by atoms with Crippen LogP contribution in [0, 0.1) is 5.41 Å². The molecule has 0 bridgehead atoms. The van der Waals surface area contributed by atoms with Gasteiger partial charge in [-0.05, 0) is 31.1 Å². The summed E-state index contributed by atoms with van der Waals surface area (Å²) in [6, 6.07) is 0.383. The number of nitrogens with zero attached hydrogens (tertiary/aromatic N) is 2. The zero-order valence-corrected chi connectivity index (χ0v) is 13.3. The Bertz CT molecular complexity index is 568. The summed E-state index contributed by atoms with van der Waals surface area (Å²) in [6.07, 6.45) is 10.6. The molecule has 2 atom stereocenters. The number of hydrogen-bond donors (Lipinski definition) is 1. The van der Waals surface area contributed by atoms with Crippen LogP contribution in [0.1, 0.15) is 66.9 Å². The van der Waals surface area contributed by atoms with Gasteiger partial charge in [0, 0.05) is 31.8 Å². The van der Waals surface area contributed by atoms with E-state index in [9.17, 15) is 4.79 Å². The van der Waals surface area contributed by atoms with Crippen LogP contribution in [-0.4, -0.2) is 34.9 Å². The van der Waals surface area contributed by atoms with Gasteiger partial charge in [0.2, 0.25) is 0 Å². The molecule has 5 nitrogen and oxygen atoms in total. The first-order valence-electron chi connectivity index (χ1n) is 8.60. The van der Waals surface area contributed by atoms with E-state index in [4.69, 9.17) is 4.74 Å². The molecule has 1 amide bonds. The summed E-state index contributed by atoms with van der Waals surface area (Å²) in [6.45, 7) is 1.46. The highest BCUT2D eigenvalue weighted by Crippen LogP contribution is 2.56. The van der Waals surface area contributed by atoms with E-state index in [1.807, 2.05) is 13.2 Å². The van der Waals surface area contributed by atoms with Crippen molar-refractivity contribution in [3.63, 3.8) is 0 Å². The Morgan fingerprint density at radius 2 is 2.23 bits per heavy atom. The van der Waals surface area contributed by atoms with Crippen LogP contribution in [0.15, 0.2) is 6.20 Å². The van der Waals surface area contributed by atoms with Gasteiger partial charge >= 0.3 is 0 Å². The molecule has 120 valence electrons. The predicted molar refractivity (Wildman–Crippen MR) is 82.8 cm³/mol. The first kappa shape index (κ1) is 14.2. The molecule has 2 aliphatic carbocycles. The van der Waals surface area contributed by atoms with Crippen LogP contribution in [0.4, 0.5) is 0 Å². The number of nitrogens with one attached hydrogen (secondary N) is 1. The van der Waals surface area contributed by atoms with Crippen molar-refractivity contribution in [3.05, 3.63) is 17.5 Å². The van der Waals surface area contributed by atoms with Crippen molar-refractivity contribution in [1.29, 1.82) is 0 Å². The van der Waals surface area contributed by atoms with Gasteiger partial charge in [-0.1, -0.05) is 19.3 Å². The Balaban J connectivity index is 1.47. The van der Waals surface area contributed by atoms with Crippen LogP contribution in [0.25, 0.3) is 0 Å². The second-order valence-electron chi connectivity index (χ2n) is 7.32. The van der Waals surface area contributed by atoms with E-state index in [1.165, 1.54) is 38.5 Å². The van der Waals surface area contributed by atoms with Gasteiger partial charge in [0.25, 0.3) is 5.91 Å².